The van der Waals surface area contributed by atoms with Crippen molar-refractivity contribution in [1.29, 1.82) is 0 Å². The van der Waals surface area contributed by atoms with Gasteiger partial charge in [0.25, 0.3) is 5.56 Å². The van der Waals surface area contributed by atoms with Crippen molar-refractivity contribution in [2.45, 2.75) is 32.2 Å². The molecule has 156 valence electrons. The molecule has 0 aliphatic heterocycles. The lowest BCUT2D eigenvalue weighted by Gasteiger charge is -2.11. The molecule has 1 N–H and O–H groups in total. The third-order valence-electron chi connectivity index (χ3n) is 5.42. The van der Waals surface area contributed by atoms with Gasteiger partial charge in [-0.25, -0.2) is 9.36 Å². The number of nitrogens with zero attached hydrogens (tertiary/aromatic N) is 4. The summed E-state index contributed by atoms with van der Waals surface area (Å²) >= 11 is 5.99. The van der Waals surface area contributed by atoms with Crippen LogP contribution in [0, 0.1) is 6.92 Å². The number of rotatable bonds is 5. The lowest BCUT2D eigenvalue weighted by atomic mass is 10.2. The van der Waals surface area contributed by atoms with Crippen LogP contribution >= 0.6 is 11.6 Å². The summed E-state index contributed by atoms with van der Waals surface area (Å²) in [5, 5.41) is 13.1. The van der Waals surface area contributed by atoms with Crippen molar-refractivity contribution in [3.63, 3.8) is 0 Å². The lowest BCUT2D eigenvalue weighted by Crippen LogP contribution is -2.31. The van der Waals surface area contributed by atoms with Gasteiger partial charge in [0.2, 0.25) is 5.91 Å². The summed E-state index contributed by atoms with van der Waals surface area (Å²) < 4.78 is 2.90. The first kappa shape index (κ1) is 19.5. The highest BCUT2D eigenvalue weighted by atomic mass is 35.5. The Bertz CT molecular complexity index is 1370. The SMILES string of the molecule is Cc1ccccc1-n1ncc2c(C3CC3)nn(CC(=O)Nc3cccc(Cl)c3)c(=O)c21. The van der Waals surface area contributed by atoms with Crippen LogP contribution in [-0.2, 0) is 11.3 Å². The van der Waals surface area contributed by atoms with E-state index >= 15 is 0 Å². The van der Waals surface area contributed by atoms with Crippen LogP contribution in [0.15, 0.2) is 59.5 Å². The van der Waals surface area contributed by atoms with Gasteiger partial charge in [-0.3, -0.25) is 9.59 Å². The van der Waals surface area contributed by atoms with E-state index in [4.69, 9.17) is 11.6 Å². The second-order valence-electron chi connectivity index (χ2n) is 7.79. The van der Waals surface area contributed by atoms with E-state index in [1.54, 1.807) is 35.1 Å². The Kier molecular flexibility index (Phi) is 4.82. The Morgan fingerprint density at radius 1 is 1.19 bits per heavy atom. The van der Waals surface area contributed by atoms with Crippen LogP contribution in [0.4, 0.5) is 5.69 Å². The van der Waals surface area contributed by atoms with Crippen molar-refractivity contribution in [3.05, 3.63) is 81.4 Å². The van der Waals surface area contributed by atoms with E-state index in [2.05, 4.69) is 15.5 Å². The van der Waals surface area contributed by atoms with Crippen LogP contribution in [0.1, 0.15) is 30.0 Å². The molecule has 7 nitrogen and oxygen atoms in total. The summed E-state index contributed by atoms with van der Waals surface area (Å²) in [6, 6.07) is 14.6. The van der Waals surface area contributed by atoms with Gasteiger partial charge in [0.1, 0.15) is 12.1 Å². The van der Waals surface area contributed by atoms with Crippen molar-refractivity contribution in [2.75, 3.05) is 5.32 Å². The number of para-hydroxylation sites is 1. The van der Waals surface area contributed by atoms with Gasteiger partial charge in [-0.1, -0.05) is 35.9 Å². The lowest BCUT2D eigenvalue weighted by molar-refractivity contribution is -0.117. The Morgan fingerprint density at radius 3 is 2.74 bits per heavy atom. The smallest absolute Gasteiger partial charge is 0.293 e. The van der Waals surface area contributed by atoms with Crippen molar-refractivity contribution in [2.24, 2.45) is 0 Å². The molecule has 0 spiro atoms. The molecule has 1 aliphatic rings. The van der Waals surface area contributed by atoms with Crippen LogP contribution in [0.3, 0.4) is 0 Å². The highest BCUT2D eigenvalue weighted by Crippen LogP contribution is 2.41. The zero-order valence-electron chi connectivity index (χ0n) is 16.9. The molecule has 2 aromatic carbocycles. The van der Waals surface area contributed by atoms with Crippen LogP contribution in [0.5, 0.6) is 0 Å². The number of anilines is 1. The van der Waals surface area contributed by atoms with Crippen LogP contribution < -0.4 is 10.9 Å². The van der Waals surface area contributed by atoms with Gasteiger partial charge in [-0.2, -0.15) is 10.2 Å². The number of carbonyl (C=O) groups excluding carboxylic acids is 1. The number of aromatic nitrogens is 4. The number of benzene rings is 2. The predicted octanol–water partition coefficient (Wildman–Crippen LogP) is 4.06. The molecular formula is C23H20ClN5O2. The number of hydrogen-bond donors (Lipinski definition) is 1. The van der Waals surface area contributed by atoms with Crippen LogP contribution in [0.2, 0.25) is 5.02 Å². The fourth-order valence-electron chi connectivity index (χ4n) is 3.75. The molecule has 0 saturated heterocycles. The molecule has 0 unspecified atom stereocenters. The maximum Gasteiger partial charge on any atom is 0.293 e. The maximum absolute atomic E-state index is 13.4. The van der Waals surface area contributed by atoms with Gasteiger partial charge in [0, 0.05) is 22.0 Å². The Labute approximate surface area is 183 Å². The zero-order chi connectivity index (χ0) is 21.5. The number of halogens is 1. The van der Waals surface area contributed by atoms with E-state index in [1.165, 1.54) is 4.68 Å². The first-order chi connectivity index (χ1) is 15.0. The van der Waals surface area contributed by atoms with Gasteiger partial charge in [0.15, 0.2) is 0 Å². The predicted molar refractivity (Wildman–Crippen MR) is 120 cm³/mol. The average Bonchev–Trinajstić information content (AvgIpc) is 3.49. The van der Waals surface area contributed by atoms with Crippen molar-refractivity contribution >= 4 is 34.1 Å². The van der Waals surface area contributed by atoms with Crippen LogP contribution in [-0.4, -0.2) is 25.5 Å². The van der Waals surface area contributed by atoms with E-state index in [0.29, 0.717) is 22.1 Å². The molecule has 1 aliphatic carbocycles. The second-order valence-corrected chi connectivity index (χ2v) is 8.22. The molecule has 4 aromatic rings. The van der Waals surface area contributed by atoms with Gasteiger partial charge >= 0.3 is 0 Å². The normalized spacial score (nSPS) is 13.5. The highest BCUT2D eigenvalue weighted by Gasteiger charge is 2.30. The van der Waals surface area contributed by atoms with E-state index < -0.39 is 0 Å². The topological polar surface area (TPSA) is 81.8 Å². The number of nitrogens with one attached hydrogen (secondary N) is 1. The van der Waals surface area contributed by atoms with E-state index in [9.17, 15) is 9.59 Å². The molecule has 31 heavy (non-hydrogen) atoms. The molecule has 8 heteroatoms. The monoisotopic (exact) mass is 433 g/mol. The number of aryl methyl sites for hydroxylation is 1. The third-order valence-corrected chi connectivity index (χ3v) is 5.66. The fourth-order valence-corrected chi connectivity index (χ4v) is 3.94. The minimum Gasteiger partial charge on any atom is -0.324 e. The average molecular weight is 434 g/mol. The van der Waals surface area contributed by atoms with Gasteiger partial charge in [0.05, 0.1) is 17.6 Å². The molecule has 5 rings (SSSR count). The highest BCUT2D eigenvalue weighted by molar-refractivity contribution is 6.30. The second kappa shape index (κ2) is 7.67. The summed E-state index contributed by atoms with van der Waals surface area (Å²) in [7, 11) is 0. The molecule has 1 fully saturated rings. The molecule has 0 atom stereocenters. The number of carbonyl (C=O) groups is 1. The zero-order valence-corrected chi connectivity index (χ0v) is 17.6. The van der Waals surface area contributed by atoms with Crippen molar-refractivity contribution in [3.8, 4) is 5.69 Å². The molecule has 1 amide bonds. The molecular weight excluding hydrogens is 414 g/mol. The Balaban J connectivity index is 1.58. The summed E-state index contributed by atoms with van der Waals surface area (Å²) in [6.45, 7) is 1.78. The summed E-state index contributed by atoms with van der Waals surface area (Å²) in [6.07, 6.45) is 3.75. The van der Waals surface area contributed by atoms with Crippen molar-refractivity contribution < 1.29 is 4.79 Å². The number of fused-ring (bicyclic) bond motifs is 1. The molecule has 0 radical (unpaired) electrons. The van der Waals surface area contributed by atoms with Gasteiger partial charge in [-0.15, -0.1) is 0 Å². The molecule has 2 heterocycles. The van der Waals surface area contributed by atoms with E-state index in [-0.39, 0.29) is 18.0 Å². The summed E-state index contributed by atoms with van der Waals surface area (Å²) in [4.78, 5) is 26.0. The summed E-state index contributed by atoms with van der Waals surface area (Å²) in [5.41, 5.74) is 3.33. The van der Waals surface area contributed by atoms with Gasteiger partial charge in [-0.05, 0) is 49.6 Å². The minimum atomic E-state index is -0.347. The third kappa shape index (κ3) is 3.72. The summed E-state index contributed by atoms with van der Waals surface area (Å²) in [5.74, 6) is -0.0558. The van der Waals surface area contributed by atoms with E-state index in [1.807, 2.05) is 31.2 Å². The molecule has 0 bridgehead atoms. The quantitative estimate of drug-likeness (QED) is 0.514. The largest absolute Gasteiger partial charge is 0.324 e. The number of hydrogen-bond acceptors (Lipinski definition) is 4. The Morgan fingerprint density at radius 2 is 2.00 bits per heavy atom. The standard InChI is InChI=1S/C23H20ClN5O2/c1-14-5-2-3-8-19(14)29-22-18(12-25-29)21(15-9-10-15)27-28(23(22)31)13-20(30)26-17-7-4-6-16(24)11-17/h2-8,11-12,15H,9-10,13H2,1H3,(H,26,30). The van der Waals surface area contributed by atoms with Crippen molar-refractivity contribution in [1.82, 2.24) is 19.6 Å². The first-order valence-electron chi connectivity index (χ1n) is 10.1. The maximum atomic E-state index is 13.4. The minimum absolute atomic E-state index is 0.194. The molecule has 2 aromatic heterocycles. The number of amides is 1. The van der Waals surface area contributed by atoms with Gasteiger partial charge < -0.3 is 5.32 Å². The fraction of sp³-hybridized carbons (Fsp3) is 0.217. The first-order valence-corrected chi connectivity index (χ1v) is 10.5. The van der Waals surface area contributed by atoms with E-state index in [0.717, 1.165) is 35.2 Å². The molecule has 1 saturated carbocycles. The Hall–Kier alpha value is -3.45. The van der Waals surface area contributed by atoms with Crippen LogP contribution in [0.25, 0.3) is 16.6 Å².